The Morgan fingerprint density at radius 1 is 0.955 bits per heavy atom. The molecule has 0 spiro atoms. The molecule has 1 aliphatic rings. The molecule has 0 aromatic heterocycles. The highest BCUT2D eigenvalue weighted by Crippen LogP contribution is 2.42. The molecule has 22 heavy (non-hydrogen) atoms. The van der Waals surface area contributed by atoms with Gasteiger partial charge in [-0.05, 0) is 43.3 Å². The van der Waals surface area contributed by atoms with Crippen LogP contribution in [-0.4, -0.2) is 24.8 Å². The average molecular weight is 295 g/mol. The van der Waals surface area contributed by atoms with Crippen LogP contribution < -0.4 is 0 Å². The molecule has 0 N–H and O–H groups in total. The molecule has 0 unspecified atom stereocenters. The molecule has 0 heterocycles. The number of carbonyl (C=O) groups excluding carboxylic acids is 1. The van der Waals surface area contributed by atoms with Crippen LogP contribution in [0.3, 0.4) is 0 Å². The minimum Gasteiger partial charge on any atom is -0.300 e. The molecular weight excluding hydrogens is 270 g/mol. The lowest BCUT2D eigenvalue weighted by Crippen LogP contribution is -2.44. The van der Waals surface area contributed by atoms with Gasteiger partial charge in [0.15, 0.2) is 0 Å². The van der Waals surface area contributed by atoms with Crippen LogP contribution in [0.25, 0.3) is 10.8 Å². The van der Waals surface area contributed by atoms with Gasteiger partial charge in [0.25, 0.3) is 0 Å². The van der Waals surface area contributed by atoms with Gasteiger partial charge in [-0.3, -0.25) is 9.69 Å². The summed E-state index contributed by atoms with van der Waals surface area (Å²) in [5.74, 6) is 0.405. The van der Waals surface area contributed by atoms with Gasteiger partial charge in [-0.1, -0.05) is 42.5 Å². The van der Waals surface area contributed by atoms with Crippen LogP contribution in [0.5, 0.6) is 0 Å². The summed E-state index contributed by atoms with van der Waals surface area (Å²) >= 11 is 0. The monoisotopic (exact) mass is 295 g/mol. The molecule has 2 aromatic rings. The lowest BCUT2D eigenvalue weighted by Gasteiger charge is -2.43. The van der Waals surface area contributed by atoms with E-state index in [0.717, 1.165) is 12.8 Å². The summed E-state index contributed by atoms with van der Waals surface area (Å²) in [6, 6.07) is 15.1. The molecule has 1 fully saturated rings. The van der Waals surface area contributed by atoms with Crippen molar-refractivity contribution in [2.45, 2.75) is 31.2 Å². The average Bonchev–Trinajstić information content (AvgIpc) is 2.57. The molecule has 1 aliphatic carbocycles. The Labute approximate surface area is 133 Å². The maximum Gasteiger partial charge on any atom is 0.133 e. The quantitative estimate of drug-likeness (QED) is 0.758. The Kier molecular flexibility index (Phi) is 5.15. The Hall–Kier alpha value is -1.93. The molecule has 116 valence electrons. The van der Waals surface area contributed by atoms with Crippen molar-refractivity contribution < 1.29 is 4.79 Å². The first-order chi connectivity index (χ1) is 10.6. The number of Topliss-reactive ketones (excluding diaryl/α,β-unsaturated/α-hetero) is 1. The van der Waals surface area contributed by atoms with Crippen LogP contribution >= 0.6 is 0 Å². The van der Waals surface area contributed by atoms with Crippen LogP contribution in [0.15, 0.2) is 55.6 Å². The van der Waals surface area contributed by atoms with Crippen LogP contribution in [0, 0.1) is 0 Å². The number of hydrogen-bond acceptors (Lipinski definition) is 2. The van der Waals surface area contributed by atoms with Crippen molar-refractivity contribution in [3.8, 4) is 0 Å². The van der Waals surface area contributed by atoms with E-state index in [1.165, 1.54) is 16.3 Å². The SMILES string of the molecule is C=C.CN(C)C1(c2cccc3ccccc23)CCC(=O)CC1. The Morgan fingerprint density at radius 2 is 1.55 bits per heavy atom. The number of ketones is 1. The van der Waals surface area contributed by atoms with E-state index < -0.39 is 0 Å². The lowest BCUT2D eigenvalue weighted by atomic mass is 9.74. The van der Waals surface area contributed by atoms with Gasteiger partial charge in [0.2, 0.25) is 0 Å². The molecular formula is C20H25NO. The van der Waals surface area contributed by atoms with Crippen molar-refractivity contribution in [2.75, 3.05) is 14.1 Å². The molecule has 2 aromatic carbocycles. The predicted molar refractivity (Wildman–Crippen MR) is 94.0 cm³/mol. The van der Waals surface area contributed by atoms with E-state index in [0.29, 0.717) is 18.6 Å². The first-order valence-corrected chi connectivity index (χ1v) is 7.81. The molecule has 2 heteroatoms. The zero-order valence-electron chi connectivity index (χ0n) is 13.6. The lowest BCUT2D eigenvalue weighted by molar-refractivity contribution is -0.122. The molecule has 0 amide bonds. The second-order valence-electron chi connectivity index (χ2n) is 5.99. The Bertz CT molecular complexity index is 644. The third-order valence-corrected chi connectivity index (χ3v) is 4.78. The van der Waals surface area contributed by atoms with Crippen LogP contribution in [0.2, 0.25) is 0 Å². The molecule has 0 saturated heterocycles. The highest BCUT2D eigenvalue weighted by molar-refractivity contribution is 5.87. The van der Waals surface area contributed by atoms with Gasteiger partial charge in [-0.15, -0.1) is 13.2 Å². The smallest absolute Gasteiger partial charge is 0.133 e. The van der Waals surface area contributed by atoms with Crippen molar-refractivity contribution in [1.82, 2.24) is 4.90 Å². The summed E-state index contributed by atoms with van der Waals surface area (Å²) in [5, 5.41) is 2.60. The maximum atomic E-state index is 11.6. The molecule has 0 aliphatic heterocycles. The van der Waals surface area contributed by atoms with E-state index in [1.54, 1.807) is 0 Å². The minimum absolute atomic E-state index is 0.00519. The summed E-state index contributed by atoms with van der Waals surface area (Å²) < 4.78 is 0. The van der Waals surface area contributed by atoms with Gasteiger partial charge in [-0.25, -0.2) is 0 Å². The highest BCUT2D eigenvalue weighted by atomic mass is 16.1. The van der Waals surface area contributed by atoms with E-state index in [-0.39, 0.29) is 5.54 Å². The number of hydrogen-bond donors (Lipinski definition) is 0. The predicted octanol–water partition coefficient (Wildman–Crippen LogP) is 4.54. The van der Waals surface area contributed by atoms with Crippen molar-refractivity contribution in [3.05, 3.63) is 61.2 Å². The fraction of sp³-hybridized carbons (Fsp3) is 0.350. The van der Waals surface area contributed by atoms with Crippen LogP contribution in [0.4, 0.5) is 0 Å². The van der Waals surface area contributed by atoms with Gasteiger partial charge in [0.1, 0.15) is 5.78 Å². The topological polar surface area (TPSA) is 20.3 Å². The zero-order valence-corrected chi connectivity index (χ0v) is 13.6. The fourth-order valence-electron chi connectivity index (χ4n) is 3.53. The first-order valence-electron chi connectivity index (χ1n) is 7.81. The summed E-state index contributed by atoms with van der Waals surface area (Å²) in [7, 11) is 4.27. The van der Waals surface area contributed by atoms with E-state index in [1.807, 2.05) is 0 Å². The van der Waals surface area contributed by atoms with Crippen LogP contribution in [0.1, 0.15) is 31.2 Å². The zero-order chi connectivity index (χ0) is 16.2. The molecule has 0 atom stereocenters. The third-order valence-electron chi connectivity index (χ3n) is 4.78. The number of carbonyl (C=O) groups is 1. The normalized spacial score (nSPS) is 17.1. The molecule has 2 nitrogen and oxygen atoms in total. The molecule has 3 rings (SSSR count). The Morgan fingerprint density at radius 3 is 2.18 bits per heavy atom. The molecule has 1 saturated carbocycles. The third kappa shape index (κ3) is 2.84. The standard InChI is InChI=1S/C18H21NO.C2H4/c1-19(2)18(12-10-15(20)11-13-18)17-9-5-7-14-6-3-4-8-16(14)17;1-2/h3-9H,10-13H2,1-2H3;1-2H2. The summed E-state index contributed by atoms with van der Waals surface area (Å²) in [4.78, 5) is 14.0. The van der Waals surface area contributed by atoms with E-state index in [9.17, 15) is 4.79 Å². The first kappa shape index (κ1) is 16.4. The van der Waals surface area contributed by atoms with Gasteiger partial charge in [-0.2, -0.15) is 0 Å². The van der Waals surface area contributed by atoms with Crippen molar-refractivity contribution in [1.29, 1.82) is 0 Å². The molecule has 0 radical (unpaired) electrons. The number of rotatable bonds is 2. The van der Waals surface area contributed by atoms with Gasteiger partial charge in [0, 0.05) is 18.4 Å². The molecule has 0 bridgehead atoms. The van der Waals surface area contributed by atoms with Crippen molar-refractivity contribution >= 4 is 16.6 Å². The fourth-order valence-corrected chi connectivity index (χ4v) is 3.53. The van der Waals surface area contributed by atoms with E-state index in [2.05, 4.69) is 74.6 Å². The maximum absolute atomic E-state index is 11.6. The largest absolute Gasteiger partial charge is 0.300 e. The van der Waals surface area contributed by atoms with Crippen LogP contribution in [-0.2, 0) is 10.3 Å². The summed E-state index contributed by atoms with van der Waals surface area (Å²) in [5.41, 5.74) is 1.36. The van der Waals surface area contributed by atoms with Gasteiger partial charge < -0.3 is 0 Å². The summed E-state index contributed by atoms with van der Waals surface area (Å²) in [6.45, 7) is 6.00. The second-order valence-corrected chi connectivity index (χ2v) is 5.99. The minimum atomic E-state index is -0.00519. The second kappa shape index (κ2) is 6.89. The highest BCUT2D eigenvalue weighted by Gasteiger charge is 2.39. The number of benzene rings is 2. The van der Waals surface area contributed by atoms with Crippen molar-refractivity contribution in [2.24, 2.45) is 0 Å². The van der Waals surface area contributed by atoms with Crippen molar-refractivity contribution in [3.63, 3.8) is 0 Å². The van der Waals surface area contributed by atoms with Gasteiger partial charge in [0.05, 0.1) is 0 Å². The number of fused-ring (bicyclic) bond motifs is 1. The number of nitrogens with zero attached hydrogens (tertiary/aromatic N) is 1. The summed E-state index contributed by atoms with van der Waals surface area (Å²) in [6.07, 6.45) is 3.24. The Balaban J connectivity index is 0.000000847. The van der Waals surface area contributed by atoms with E-state index in [4.69, 9.17) is 0 Å². The van der Waals surface area contributed by atoms with E-state index >= 15 is 0 Å². The van der Waals surface area contributed by atoms with Gasteiger partial charge >= 0.3 is 0 Å².